The summed E-state index contributed by atoms with van der Waals surface area (Å²) < 4.78 is 14.2. The van der Waals surface area contributed by atoms with Crippen molar-refractivity contribution >= 4 is 6.09 Å². The first-order valence-electron chi connectivity index (χ1n) is 2.78. The van der Waals surface area contributed by atoms with E-state index in [0.717, 1.165) is 18.0 Å². The molecule has 1 N–H and O–H groups in total. The van der Waals surface area contributed by atoms with Crippen LogP contribution in [0.5, 0.6) is 0 Å². The van der Waals surface area contributed by atoms with Gasteiger partial charge in [-0.1, -0.05) is 4.39 Å². The van der Waals surface area contributed by atoms with E-state index in [1.165, 1.54) is 0 Å². The van der Waals surface area contributed by atoms with E-state index in [1.54, 1.807) is 11.6 Å². The van der Waals surface area contributed by atoms with Crippen molar-refractivity contribution in [2.24, 2.45) is 0 Å². The molecule has 0 aromatic heterocycles. The van der Waals surface area contributed by atoms with Gasteiger partial charge in [-0.25, -0.2) is 4.90 Å². The molecule has 1 aliphatic rings. The number of halogens is 2. The van der Waals surface area contributed by atoms with Crippen LogP contribution in [0.15, 0.2) is 0 Å². The third-order valence-corrected chi connectivity index (χ3v) is 1.51. The fraction of sp³-hybridized carbons (Fsp3) is 0.800. The van der Waals surface area contributed by atoms with Gasteiger partial charge in [0.05, 0.1) is 7.05 Å². The highest BCUT2D eigenvalue weighted by Gasteiger charge is 2.29. The highest BCUT2D eigenvalue weighted by Crippen LogP contribution is 1.75. The molecule has 0 fully saturated rings. The van der Waals surface area contributed by atoms with Gasteiger partial charge in [0.2, 0.25) is 0 Å². The second kappa shape index (κ2) is 3.46. The Bertz CT molecular complexity index is 135. The van der Waals surface area contributed by atoms with Gasteiger partial charge >= 0.3 is 6.09 Å². The van der Waals surface area contributed by atoms with Crippen molar-refractivity contribution in [3.63, 3.8) is 0 Å². The molecule has 1 aliphatic heterocycles. The van der Waals surface area contributed by atoms with Crippen molar-refractivity contribution in [1.82, 2.24) is 0 Å². The monoisotopic (exact) mass is 245 g/mol. The molecule has 1 atom stereocenters. The molecule has 0 saturated heterocycles. The van der Waals surface area contributed by atoms with E-state index < -0.39 is 0 Å². The van der Waals surface area contributed by atoms with Gasteiger partial charge in [0.25, 0.3) is 0 Å². The Kier molecular flexibility index (Phi) is 3.57. The average Bonchev–Trinajstić information content (AvgIpc) is 1.98. The molecule has 9 heavy (non-hydrogen) atoms. The Labute approximate surface area is 71.4 Å². The molecule has 0 radical (unpaired) electrons. The lowest BCUT2D eigenvalue weighted by Gasteiger charge is -1.90. The van der Waals surface area contributed by atoms with E-state index in [4.69, 9.17) is 0 Å². The molecule has 0 spiro atoms. The van der Waals surface area contributed by atoms with Gasteiger partial charge < -0.3 is 24.0 Å². The van der Waals surface area contributed by atoms with E-state index in [2.05, 4.69) is 0 Å². The molecule has 4 heteroatoms. The minimum atomic E-state index is -0.0370. The standard InChI is InChI=1S/C5H10FN2.HI/c1-7-3-4-8(2)5(7)6;/h3-4H2,1-2H3;1H/q+1;. The number of nitrogens with one attached hydrogen (secondary N) is 1. The molecule has 0 saturated carbocycles. The van der Waals surface area contributed by atoms with Gasteiger partial charge in [-0.2, -0.15) is 4.58 Å². The predicted molar refractivity (Wildman–Crippen MR) is 28.9 cm³/mol. The van der Waals surface area contributed by atoms with Gasteiger partial charge in [0.15, 0.2) is 6.54 Å². The second-order valence-electron chi connectivity index (χ2n) is 2.24. The number of likely N-dealkylation sites (N-methyl/N-ethyl adjacent to an activating group) is 2. The van der Waals surface area contributed by atoms with Crippen LogP contribution in [0.4, 0.5) is 4.39 Å². The summed E-state index contributed by atoms with van der Waals surface area (Å²) in [5, 5.41) is 0. The minimum absolute atomic E-state index is 0. The van der Waals surface area contributed by atoms with Crippen molar-refractivity contribution in [3.8, 4) is 0 Å². The van der Waals surface area contributed by atoms with E-state index in [9.17, 15) is 4.39 Å². The van der Waals surface area contributed by atoms with Crippen molar-refractivity contribution in [2.75, 3.05) is 27.2 Å². The zero-order chi connectivity index (χ0) is 6.15. The molecule has 0 aromatic rings. The van der Waals surface area contributed by atoms with Gasteiger partial charge in [-0.05, 0) is 0 Å². The molecular weight excluding hydrogens is 234 g/mol. The van der Waals surface area contributed by atoms with E-state index in [-0.39, 0.29) is 30.1 Å². The summed E-state index contributed by atoms with van der Waals surface area (Å²) in [6.07, 6.45) is -0.0370. The fourth-order valence-electron chi connectivity index (χ4n) is 0.863. The predicted octanol–water partition coefficient (Wildman–Crippen LogP) is -4.51. The smallest absolute Gasteiger partial charge is 0.535 e. The number of nitrogens with zero attached hydrogens (tertiary/aromatic N) is 1. The maximum atomic E-state index is 12.5. The van der Waals surface area contributed by atoms with Crippen molar-refractivity contribution in [1.29, 1.82) is 0 Å². The first-order valence-corrected chi connectivity index (χ1v) is 2.78. The number of amidine groups is 1. The number of quaternary nitrogens is 1. The van der Waals surface area contributed by atoms with Gasteiger partial charge in [-0.15, -0.1) is 0 Å². The Balaban J connectivity index is 0.000000640. The maximum absolute atomic E-state index is 12.5. The highest BCUT2D eigenvalue weighted by atomic mass is 127. The van der Waals surface area contributed by atoms with Gasteiger partial charge in [0, 0.05) is 0 Å². The molecular formula is C5H11FIN2+. The largest absolute Gasteiger partial charge is 1.00 e. The van der Waals surface area contributed by atoms with Crippen molar-refractivity contribution < 1.29 is 37.8 Å². The zero-order valence-electron chi connectivity index (χ0n) is 5.62. The number of rotatable bonds is 0. The summed E-state index contributed by atoms with van der Waals surface area (Å²) in [4.78, 5) is 0.882. The van der Waals surface area contributed by atoms with E-state index in [1.807, 2.05) is 7.05 Å². The Morgan fingerprint density at radius 2 is 2.22 bits per heavy atom. The summed E-state index contributed by atoms with van der Waals surface area (Å²) in [5.41, 5.74) is 0. The van der Waals surface area contributed by atoms with Crippen LogP contribution in [-0.2, 0) is 0 Å². The van der Waals surface area contributed by atoms with Crippen LogP contribution < -0.4 is 28.9 Å². The van der Waals surface area contributed by atoms with Crippen LogP contribution in [0.3, 0.4) is 0 Å². The SMILES string of the molecule is C[N+]1=C(F)[NH+](C)CC1.[I-]. The summed E-state index contributed by atoms with van der Waals surface area (Å²) in [6, 6.07) is 0. The molecule has 0 amide bonds. The number of hydrogen-bond donors (Lipinski definition) is 1. The Hall–Kier alpha value is 0.290. The minimum Gasteiger partial charge on any atom is -1.00 e. The molecule has 1 unspecified atom stereocenters. The average molecular weight is 245 g/mol. The van der Waals surface area contributed by atoms with Gasteiger partial charge in [0.1, 0.15) is 13.6 Å². The molecule has 1 heterocycles. The van der Waals surface area contributed by atoms with Crippen molar-refractivity contribution in [2.45, 2.75) is 0 Å². The van der Waals surface area contributed by atoms with Gasteiger partial charge in [-0.3, -0.25) is 0 Å². The fourth-order valence-corrected chi connectivity index (χ4v) is 0.863. The third kappa shape index (κ3) is 1.86. The Morgan fingerprint density at radius 1 is 1.67 bits per heavy atom. The first kappa shape index (κ1) is 9.29. The van der Waals surface area contributed by atoms with Crippen LogP contribution in [-0.4, -0.2) is 37.8 Å². The quantitative estimate of drug-likeness (QED) is 0.250. The summed E-state index contributed by atoms with van der Waals surface area (Å²) >= 11 is 0. The van der Waals surface area contributed by atoms with E-state index >= 15 is 0 Å². The lowest BCUT2D eigenvalue weighted by Crippen LogP contribution is -3.09. The van der Waals surface area contributed by atoms with Crippen molar-refractivity contribution in [3.05, 3.63) is 0 Å². The molecule has 2 nitrogen and oxygen atoms in total. The highest BCUT2D eigenvalue weighted by molar-refractivity contribution is 5.56. The summed E-state index contributed by atoms with van der Waals surface area (Å²) in [7, 11) is 3.60. The molecule has 54 valence electrons. The summed E-state index contributed by atoms with van der Waals surface area (Å²) in [6.45, 7) is 1.74. The molecule has 1 rings (SSSR count). The zero-order valence-corrected chi connectivity index (χ0v) is 7.77. The third-order valence-electron chi connectivity index (χ3n) is 1.51. The molecule has 0 bridgehead atoms. The molecule has 0 aliphatic carbocycles. The van der Waals surface area contributed by atoms with Crippen LogP contribution >= 0.6 is 0 Å². The Morgan fingerprint density at radius 3 is 2.33 bits per heavy atom. The lowest BCUT2D eigenvalue weighted by molar-refractivity contribution is -0.785. The molecule has 0 aromatic carbocycles. The topological polar surface area (TPSA) is 7.45 Å². The second-order valence-corrected chi connectivity index (χ2v) is 2.24. The maximum Gasteiger partial charge on any atom is 0.535 e. The van der Waals surface area contributed by atoms with Crippen LogP contribution in [0.25, 0.3) is 0 Å². The normalized spacial score (nSPS) is 26.3. The summed E-state index contributed by atoms with van der Waals surface area (Å²) in [5.74, 6) is 0. The first-order chi connectivity index (χ1) is 3.72. The van der Waals surface area contributed by atoms with Crippen LogP contribution in [0.2, 0.25) is 0 Å². The lowest BCUT2D eigenvalue weighted by atomic mass is 10.6. The van der Waals surface area contributed by atoms with E-state index in [0.29, 0.717) is 0 Å². The van der Waals surface area contributed by atoms with Crippen LogP contribution in [0, 0.1) is 0 Å². The van der Waals surface area contributed by atoms with Crippen LogP contribution in [0.1, 0.15) is 0 Å². The number of hydrogen-bond acceptors (Lipinski definition) is 0.